The molecule has 1 N–H and O–H groups in total. The number of aliphatic hydroxyl groups excluding tert-OH is 1. The highest BCUT2D eigenvalue weighted by molar-refractivity contribution is 4.71. The van der Waals surface area contributed by atoms with Crippen LogP contribution in [-0.4, -0.2) is 55.6 Å². The van der Waals surface area contributed by atoms with Gasteiger partial charge in [0.1, 0.15) is 0 Å². The van der Waals surface area contributed by atoms with E-state index in [9.17, 15) is 13.2 Å². The van der Waals surface area contributed by atoms with E-state index in [0.717, 1.165) is 12.8 Å². The van der Waals surface area contributed by atoms with Gasteiger partial charge in [-0.05, 0) is 18.8 Å². The predicted octanol–water partition coefficient (Wildman–Crippen LogP) is 1.27. The molecule has 0 spiro atoms. The molecule has 0 atom stereocenters. The zero-order chi connectivity index (χ0) is 12.0. The van der Waals surface area contributed by atoms with E-state index < -0.39 is 12.7 Å². The topological polar surface area (TPSA) is 32.7 Å². The van der Waals surface area contributed by atoms with E-state index in [4.69, 9.17) is 9.84 Å². The standard InChI is InChI=1S/C10H18F3NO2/c11-10(12,13)8-14(3-4-15)7-9-1-5-16-6-2-9/h9,15H,1-8H2. The van der Waals surface area contributed by atoms with Crippen molar-refractivity contribution in [2.75, 3.05) is 39.5 Å². The van der Waals surface area contributed by atoms with E-state index in [1.807, 2.05) is 0 Å². The van der Waals surface area contributed by atoms with E-state index in [1.165, 1.54) is 4.90 Å². The van der Waals surface area contributed by atoms with Crippen molar-refractivity contribution < 1.29 is 23.0 Å². The minimum atomic E-state index is -4.19. The first-order valence-electron chi connectivity index (χ1n) is 5.49. The van der Waals surface area contributed by atoms with E-state index in [-0.39, 0.29) is 19.1 Å². The lowest BCUT2D eigenvalue weighted by Crippen LogP contribution is -2.40. The first-order chi connectivity index (χ1) is 7.51. The van der Waals surface area contributed by atoms with Gasteiger partial charge in [-0.3, -0.25) is 4.90 Å². The third kappa shape index (κ3) is 5.67. The normalized spacial score (nSPS) is 19.3. The molecule has 0 unspecified atom stereocenters. The van der Waals surface area contributed by atoms with Crippen LogP contribution in [0, 0.1) is 5.92 Å². The molecule has 0 aromatic heterocycles. The highest BCUT2D eigenvalue weighted by Crippen LogP contribution is 2.20. The third-order valence-electron chi connectivity index (χ3n) is 2.68. The van der Waals surface area contributed by atoms with E-state index in [0.29, 0.717) is 19.8 Å². The second kappa shape index (κ2) is 6.42. The van der Waals surface area contributed by atoms with Crippen LogP contribution < -0.4 is 0 Å². The zero-order valence-electron chi connectivity index (χ0n) is 9.17. The van der Waals surface area contributed by atoms with E-state index >= 15 is 0 Å². The van der Waals surface area contributed by atoms with Crippen LogP contribution in [0.25, 0.3) is 0 Å². The summed E-state index contributed by atoms with van der Waals surface area (Å²) in [4.78, 5) is 1.27. The number of rotatable bonds is 5. The highest BCUT2D eigenvalue weighted by atomic mass is 19.4. The average Bonchev–Trinajstić information content (AvgIpc) is 2.17. The largest absolute Gasteiger partial charge is 0.401 e. The molecule has 1 rings (SSSR count). The number of aliphatic hydroxyl groups is 1. The fraction of sp³-hybridized carbons (Fsp3) is 1.00. The number of nitrogens with zero attached hydrogens (tertiary/aromatic N) is 1. The Bertz CT molecular complexity index is 193. The van der Waals surface area contributed by atoms with Gasteiger partial charge in [-0.25, -0.2) is 0 Å². The van der Waals surface area contributed by atoms with Crippen LogP contribution in [0.3, 0.4) is 0 Å². The van der Waals surface area contributed by atoms with Gasteiger partial charge in [0.25, 0.3) is 0 Å². The highest BCUT2D eigenvalue weighted by Gasteiger charge is 2.31. The Kier molecular flexibility index (Phi) is 5.51. The second-order valence-corrected chi connectivity index (χ2v) is 4.13. The number of halogens is 3. The molecule has 1 aliphatic heterocycles. The molecule has 0 amide bonds. The Labute approximate surface area is 93.2 Å². The second-order valence-electron chi connectivity index (χ2n) is 4.13. The van der Waals surface area contributed by atoms with Crippen molar-refractivity contribution in [2.45, 2.75) is 19.0 Å². The summed E-state index contributed by atoms with van der Waals surface area (Å²) in [5, 5.41) is 8.73. The summed E-state index contributed by atoms with van der Waals surface area (Å²) in [6, 6.07) is 0. The van der Waals surface area contributed by atoms with E-state index in [1.54, 1.807) is 0 Å². The number of hydrogen-bond donors (Lipinski definition) is 1. The van der Waals surface area contributed by atoms with Gasteiger partial charge >= 0.3 is 6.18 Å². The third-order valence-corrected chi connectivity index (χ3v) is 2.68. The molecule has 0 saturated carbocycles. The Morgan fingerprint density at radius 1 is 1.25 bits per heavy atom. The Balaban J connectivity index is 2.36. The summed E-state index contributed by atoms with van der Waals surface area (Å²) in [5.74, 6) is 0.252. The minimum Gasteiger partial charge on any atom is -0.395 e. The summed E-state index contributed by atoms with van der Waals surface area (Å²) in [5.41, 5.74) is 0. The molecule has 0 radical (unpaired) electrons. The van der Waals surface area contributed by atoms with Crippen LogP contribution in [-0.2, 0) is 4.74 Å². The van der Waals surface area contributed by atoms with Crippen LogP contribution in [0.4, 0.5) is 13.2 Å². The lowest BCUT2D eigenvalue weighted by Gasteiger charge is -2.29. The van der Waals surface area contributed by atoms with Crippen LogP contribution in [0.5, 0.6) is 0 Å². The van der Waals surface area contributed by atoms with Crippen molar-refractivity contribution >= 4 is 0 Å². The quantitative estimate of drug-likeness (QED) is 0.786. The zero-order valence-corrected chi connectivity index (χ0v) is 9.17. The first-order valence-corrected chi connectivity index (χ1v) is 5.49. The van der Waals surface area contributed by atoms with Gasteiger partial charge in [-0.15, -0.1) is 0 Å². The van der Waals surface area contributed by atoms with Crippen LogP contribution in [0.15, 0.2) is 0 Å². The molecule has 0 aliphatic carbocycles. The maximum absolute atomic E-state index is 12.2. The summed E-state index contributed by atoms with van der Waals surface area (Å²) in [6.45, 7) is 0.553. The first kappa shape index (κ1) is 13.7. The fourth-order valence-corrected chi connectivity index (χ4v) is 1.92. The molecule has 1 saturated heterocycles. The Morgan fingerprint density at radius 3 is 2.38 bits per heavy atom. The minimum absolute atomic E-state index is 0.0802. The maximum atomic E-state index is 12.2. The van der Waals surface area contributed by atoms with Crippen LogP contribution in [0.2, 0.25) is 0 Å². The Hall–Kier alpha value is -0.330. The molecule has 16 heavy (non-hydrogen) atoms. The smallest absolute Gasteiger partial charge is 0.395 e. The lowest BCUT2D eigenvalue weighted by atomic mass is 10.00. The number of ether oxygens (including phenoxy) is 1. The molecule has 3 nitrogen and oxygen atoms in total. The van der Waals surface area contributed by atoms with Crippen molar-refractivity contribution in [3.63, 3.8) is 0 Å². The van der Waals surface area contributed by atoms with Crippen molar-refractivity contribution in [1.29, 1.82) is 0 Å². The van der Waals surface area contributed by atoms with Crippen LogP contribution in [0.1, 0.15) is 12.8 Å². The molecule has 96 valence electrons. The molecular formula is C10H18F3NO2. The average molecular weight is 241 g/mol. The summed E-state index contributed by atoms with van der Waals surface area (Å²) in [7, 11) is 0. The van der Waals surface area contributed by atoms with E-state index in [2.05, 4.69) is 0 Å². The van der Waals surface area contributed by atoms with Gasteiger partial charge in [-0.2, -0.15) is 13.2 Å². The lowest BCUT2D eigenvalue weighted by molar-refractivity contribution is -0.148. The molecular weight excluding hydrogens is 223 g/mol. The van der Waals surface area contributed by atoms with Gasteiger partial charge < -0.3 is 9.84 Å². The molecule has 0 aromatic rings. The molecule has 1 fully saturated rings. The fourth-order valence-electron chi connectivity index (χ4n) is 1.92. The molecule has 0 aromatic carbocycles. The van der Waals surface area contributed by atoms with Gasteiger partial charge in [0.15, 0.2) is 0 Å². The van der Waals surface area contributed by atoms with Gasteiger partial charge in [-0.1, -0.05) is 0 Å². The molecule has 1 heterocycles. The summed E-state index contributed by atoms with van der Waals surface area (Å²) < 4.78 is 41.9. The molecule has 6 heteroatoms. The van der Waals surface area contributed by atoms with Gasteiger partial charge in [0.05, 0.1) is 13.2 Å². The number of alkyl halides is 3. The van der Waals surface area contributed by atoms with Crippen molar-refractivity contribution in [1.82, 2.24) is 4.90 Å². The van der Waals surface area contributed by atoms with Crippen molar-refractivity contribution in [3.8, 4) is 0 Å². The number of hydrogen-bond acceptors (Lipinski definition) is 3. The monoisotopic (exact) mass is 241 g/mol. The van der Waals surface area contributed by atoms with Crippen molar-refractivity contribution in [3.05, 3.63) is 0 Å². The maximum Gasteiger partial charge on any atom is 0.401 e. The Morgan fingerprint density at radius 2 is 1.88 bits per heavy atom. The summed E-state index contributed by atoms with van der Waals surface area (Å²) in [6.07, 6.45) is -2.58. The van der Waals surface area contributed by atoms with Crippen molar-refractivity contribution in [2.24, 2.45) is 5.92 Å². The van der Waals surface area contributed by atoms with Crippen LogP contribution >= 0.6 is 0 Å². The van der Waals surface area contributed by atoms with Gasteiger partial charge in [0.2, 0.25) is 0 Å². The van der Waals surface area contributed by atoms with Gasteiger partial charge in [0, 0.05) is 26.3 Å². The summed E-state index contributed by atoms with van der Waals surface area (Å²) >= 11 is 0. The molecule has 0 bridgehead atoms. The SMILES string of the molecule is OCCN(CC1CCOCC1)CC(F)(F)F. The predicted molar refractivity (Wildman–Crippen MR) is 53.1 cm³/mol. The molecule has 1 aliphatic rings.